The van der Waals surface area contributed by atoms with Crippen molar-refractivity contribution in [3.8, 4) is 0 Å². The molecule has 0 aromatic rings. The summed E-state index contributed by atoms with van der Waals surface area (Å²) in [6.07, 6.45) is 44.2. The molecule has 0 spiro atoms. The van der Waals surface area contributed by atoms with Crippen LogP contribution in [-0.2, 0) is 37.5 Å². The van der Waals surface area contributed by atoms with Crippen LogP contribution >= 0.6 is 15.8 Å². The second-order valence-electron chi connectivity index (χ2n) is 13.9. The predicted octanol–water partition coefficient (Wildman–Crippen LogP) is 6.16. The van der Waals surface area contributed by atoms with Crippen LogP contribution in [0.25, 0.3) is 0 Å². The summed E-state index contributed by atoms with van der Waals surface area (Å²) in [5.74, 6) is 0. The molecule has 6 fully saturated rings. The summed E-state index contributed by atoms with van der Waals surface area (Å²) in [6.45, 7) is 0. The first-order chi connectivity index (χ1) is 17.9. The Kier molecular flexibility index (Phi) is 23.4. The van der Waals surface area contributed by atoms with Crippen LogP contribution in [-0.4, -0.2) is 34.0 Å². The predicted molar refractivity (Wildman–Crippen MR) is 166 cm³/mol. The van der Waals surface area contributed by atoms with Gasteiger partial charge in [-0.15, -0.1) is 0 Å². The third-order valence-corrected chi connectivity index (χ3v) is 19.6. The summed E-state index contributed by atoms with van der Waals surface area (Å²) in [5.41, 5.74) is 7.18. The largest absolute Gasteiger partial charge is 2.00 e. The average molecular weight is 766 g/mol. The van der Waals surface area contributed by atoms with Gasteiger partial charge in [0.15, 0.2) is 0 Å². The van der Waals surface area contributed by atoms with Crippen LogP contribution in [0.5, 0.6) is 0 Å². The fourth-order valence-corrected chi connectivity index (χ4v) is 19.1. The molecule has 0 nitrogen and oxygen atoms in total. The van der Waals surface area contributed by atoms with Crippen LogP contribution in [0.2, 0.25) is 0 Å². The molecule has 6 aliphatic rings. The first-order valence-corrected chi connectivity index (χ1v) is 20.5. The second kappa shape index (κ2) is 23.0. The van der Waals surface area contributed by atoms with Crippen LogP contribution in [0.3, 0.4) is 0 Å². The van der Waals surface area contributed by atoms with Crippen molar-refractivity contribution in [2.75, 3.05) is 0 Å². The molecule has 0 aromatic carbocycles. The van der Waals surface area contributed by atoms with Crippen LogP contribution in [0.1, 0.15) is 180 Å². The maximum absolute atomic E-state index is 1.61. The Labute approximate surface area is 289 Å². The summed E-state index contributed by atoms with van der Waals surface area (Å²) >= 11 is 0. The second-order valence-corrected chi connectivity index (χ2v) is 20.1. The fourth-order valence-electron chi connectivity index (χ4n) is 9.71. The molecule has 0 aliphatic heterocycles. The van der Waals surface area contributed by atoms with E-state index < -0.39 is 0 Å². The fraction of sp³-hybridized carbons (Fsp3) is 1.00. The Balaban J connectivity index is 0.000000364. The topological polar surface area (TPSA) is 0 Å². The minimum absolute atomic E-state index is 0. The minimum atomic E-state index is 0. The molecule has 0 bridgehead atoms. The van der Waals surface area contributed by atoms with E-state index in [0.29, 0.717) is 15.8 Å². The van der Waals surface area contributed by atoms with Crippen LogP contribution in [0.15, 0.2) is 0 Å². The van der Waals surface area contributed by atoms with Gasteiger partial charge in [-0.2, -0.15) is 0 Å². The van der Waals surface area contributed by atoms with Gasteiger partial charge in [0.25, 0.3) is 0 Å². The standard InChI is InChI=1S/2C17H31P.2ClH.Fe.Pd/c2*1-3-9-15(10-4-1)18(17-13-7-8-14-17)16-11-5-2-6-12-16;;;;/h2*15-17H,1-14H2;2*1H;;/q;;;;2*+2/p-2. The molecule has 0 saturated heterocycles. The number of hydrogen-bond acceptors (Lipinski definition) is 0. The molecule has 0 heterocycles. The summed E-state index contributed by atoms with van der Waals surface area (Å²) in [7, 11) is 0.804. The molecule has 40 heavy (non-hydrogen) atoms. The molecular formula is C34H62Cl2FeP2Pd+2. The Hall–Kier alpha value is 2.62. The zero-order valence-corrected chi connectivity index (χ0v) is 31.5. The molecule has 6 rings (SSSR count). The van der Waals surface area contributed by atoms with E-state index in [1.807, 2.05) is 0 Å². The normalized spacial score (nSPS) is 26.2. The number of hydrogen-bond donors (Lipinski definition) is 0. The molecule has 6 saturated carbocycles. The van der Waals surface area contributed by atoms with Gasteiger partial charge < -0.3 is 24.8 Å². The van der Waals surface area contributed by atoms with Crippen molar-refractivity contribution in [1.29, 1.82) is 0 Å². The summed E-state index contributed by atoms with van der Waals surface area (Å²) in [4.78, 5) is 0. The molecule has 6 heteroatoms. The molecule has 0 unspecified atom stereocenters. The van der Waals surface area contributed by atoms with E-state index in [4.69, 9.17) is 0 Å². The molecule has 0 radical (unpaired) electrons. The Morgan fingerprint density at radius 2 is 0.375 bits per heavy atom. The van der Waals surface area contributed by atoms with Crippen LogP contribution < -0.4 is 24.8 Å². The van der Waals surface area contributed by atoms with Crippen molar-refractivity contribution in [3.63, 3.8) is 0 Å². The van der Waals surface area contributed by atoms with Gasteiger partial charge in [0, 0.05) is 0 Å². The van der Waals surface area contributed by atoms with Crippen molar-refractivity contribution < 1.29 is 62.3 Å². The first-order valence-electron chi connectivity index (χ1n) is 17.4. The van der Waals surface area contributed by atoms with E-state index in [-0.39, 0.29) is 62.3 Å². The summed E-state index contributed by atoms with van der Waals surface area (Å²) in [5, 5.41) is 0. The van der Waals surface area contributed by atoms with Gasteiger partial charge in [0.05, 0.1) is 0 Å². The average Bonchev–Trinajstić information content (AvgIpc) is 3.68. The summed E-state index contributed by atoms with van der Waals surface area (Å²) in [6, 6.07) is 0. The van der Waals surface area contributed by atoms with Crippen molar-refractivity contribution in [2.45, 2.75) is 214 Å². The van der Waals surface area contributed by atoms with E-state index in [1.54, 1.807) is 154 Å². The van der Waals surface area contributed by atoms with Gasteiger partial charge in [-0.25, -0.2) is 0 Å². The van der Waals surface area contributed by atoms with Gasteiger partial charge in [0.2, 0.25) is 0 Å². The van der Waals surface area contributed by atoms with E-state index >= 15 is 0 Å². The van der Waals surface area contributed by atoms with Gasteiger partial charge >= 0.3 is 37.5 Å². The molecular weight excluding hydrogens is 703 g/mol. The first kappa shape index (κ1) is 40.6. The Morgan fingerprint density at radius 1 is 0.250 bits per heavy atom. The zero-order chi connectivity index (χ0) is 24.4. The molecule has 0 aromatic heterocycles. The third-order valence-electron chi connectivity index (χ3n) is 11.5. The zero-order valence-electron chi connectivity index (χ0n) is 25.6. The van der Waals surface area contributed by atoms with E-state index in [9.17, 15) is 0 Å². The Morgan fingerprint density at radius 3 is 0.525 bits per heavy atom. The quantitative estimate of drug-likeness (QED) is 0.225. The number of halogens is 2. The molecule has 0 N–H and O–H groups in total. The van der Waals surface area contributed by atoms with E-state index in [1.165, 1.54) is 59.6 Å². The maximum atomic E-state index is 1.61. The van der Waals surface area contributed by atoms with Crippen molar-refractivity contribution in [1.82, 2.24) is 0 Å². The maximum Gasteiger partial charge on any atom is 2.00 e. The van der Waals surface area contributed by atoms with Gasteiger partial charge in [-0.05, 0) is 111 Å². The van der Waals surface area contributed by atoms with Crippen molar-refractivity contribution in [3.05, 3.63) is 0 Å². The summed E-state index contributed by atoms with van der Waals surface area (Å²) < 4.78 is 0. The van der Waals surface area contributed by atoms with Crippen molar-refractivity contribution >= 4 is 15.8 Å². The van der Waals surface area contributed by atoms with Gasteiger partial charge in [-0.1, -0.05) is 119 Å². The SMILES string of the molecule is C1CCC(P(C2CCCCC2)C2CCCC2)CC1.C1CCC(P(C2CCCCC2)C2CCCC2)CC1.[Cl-].[Cl-].[Fe+2].[Pd+2]. The van der Waals surface area contributed by atoms with Crippen molar-refractivity contribution in [2.24, 2.45) is 0 Å². The molecule has 6 aliphatic carbocycles. The monoisotopic (exact) mass is 764 g/mol. The molecule has 238 valence electrons. The minimum Gasteiger partial charge on any atom is -1.00 e. The van der Waals surface area contributed by atoms with Crippen LogP contribution in [0.4, 0.5) is 0 Å². The Bertz CT molecular complexity index is 505. The van der Waals surface area contributed by atoms with Gasteiger partial charge in [-0.3, -0.25) is 0 Å². The molecule has 0 atom stereocenters. The van der Waals surface area contributed by atoms with E-state index in [0.717, 1.165) is 0 Å². The van der Waals surface area contributed by atoms with Gasteiger partial charge in [0.1, 0.15) is 0 Å². The number of rotatable bonds is 6. The smallest absolute Gasteiger partial charge is 1.00 e. The van der Waals surface area contributed by atoms with E-state index in [2.05, 4.69) is 0 Å². The van der Waals surface area contributed by atoms with Crippen LogP contribution in [0, 0.1) is 0 Å². The third kappa shape index (κ3) is 12.1. The molecule has 0 amide bonds.